The molecule has 0 saturated carbocycles. The van der Waals surface area contributed by atoms with Crippen LogP contribution in [0.3, 0.4) is 0 Å². The second kappa shape index (κ2) is 4.48. The van der Waals surface area contributed by atoms with E-state index in [0.29, 0.717) is 0 Å². The van der Waals surface area contributed by atoms with E-state index in [4.69, 9.17) is 10.9 Å². The Morgan fingerprint density at radius 3 is 2.83 bits per heavy atom. The molecule has 1 aliphatic heterocycles. The summed E-state index contributed by atoms with van der Waals surface area (Å²) in [6, 6.07) is 1.87. The summed E-state index contributed by atoms with van der Waals surface area (Å²) < 4.78 is 0. The lowest BCUT2D eigenvalue weighted by atomic mass is 9.93. The average molecular weight is 248 g/mol. The molecular formula is C13H20N4O. The Morgan fingerprint density at radius 2 is 2.28 bits per heavy atom. The Morgan fingerprint density at radius 1 is 1.56 bits per heavy atom. The highest BCUT2D eigenvalue weighted by atomic mass is 16.4. The van der Waals surface area contributed by atoms with Crippen LogP contribution in [0.15, 0.2) is 17.4 Å². The van der Waals surface area contributed by atoms with Gasteiger partial charge in [-0.25, -0.2) is 4.98 Å². The van der Waals surface area contributed by atoms with Gasteiger partial charge < -0.3 is 15.8 Å². The second-order valence-corrected chi connectivity index (χ2v) is 5.65. The number of oxime groups is 1. The van der Waals surface area contributed by atoms with Crippen molar-refractivity contribution < 1.29 is 5.21 Å². The lowest BCUT2D eigenvalue weighted by Gasteiger charge is -2.23. The molecule has 98 valence electrons. The fourth-order valence-corrected chi connectivity index (χ4v) is 2.44. The zero-order valence-electron chi connectivity index (χ0n) is 11.1. The van der Waals surface area contributed by atoms with Crippen LogP contribution >= 0.6 is 0 Å². The van der Waals surface area contributed by atoms with E-state index in [0.717, 1.165) is 36.5 Å². The molecule has 0 aromatic carbocycles. The maximum atomic E-state index is 8.90. The molecule has 1 saturated heterocycles. The maximum absolute atomic E-state index is 8.90. The van der Waals surface area contributed by atoms with E-state index in [1.807, 2.05) is 13.0 Å². The smallest absolute Gasteiger partial charge is 0.174 e. The summed E-state index contributed by atoms with van der Waals surface area (Å²) in [5, 5.41) is 12.0. The van der Waals surface area contributed by atoms with Gasteiger partial charge in [0, 0.05) is 19.3 Å². The van der Waals surface area contributed by atoms with Crippen LogP contribution in [0.1, 0.15) is 31.4 Å². The van der Waals surface area contributed by atoms with Crippen molar-refractivity contribution in [3.05, 3.63) is 23.4 Å². The van der Waals surface area contributed by atoms with Crippen molar-refractivity contribution in [2.45, 2.75) is 27.2 Å². The van der Waals surface area contributed by atoms with Crippen LogP contribution in [-0.2, 0) is 0 Å². The predicted octanol–water partition coefficient (Wildman–Crippen LogP) is 1.72. The molecule has 1 fully saturated rings. The van der Waals surface area contributed by atoms with Gasteiger partial charge in [0.15, 0.2) is 5.84 Å². The third-order valence-electron chi connectivity index (χ3n) is 3.48. The topological polar surface area (TPSA) is 74.7 Å². The minimum atomic E-state index is 0.125. The van der Waals surface area contributed by atoms with Gasteiger partial charge in [0.05, 0.1) is 5.56 Å². The van der Waals surface area contributed by atoms with E-state index in [-0.39, 0.29) is 11.3 Å². The number of hydrogen-bond acceptors (Lipinski definition) is 4. The summed E-state index contributed by atoms with van der Waals surface area (Å²) in [7, 11) is 0. The van der Waals surface area contributed by atoms with Crippen LogP contribution in [0, 0.1) is 12.3 Å². The Labute approximate surface area is 107 Å². The zero-order valence-corrected chi connectivity index (χ0v) is 11.1. The number of pyridine rings is 1. The van der Waals surface area contributed by atoms with E-state index >= 15 is 0 Å². The van der Waals surface area contributed by atoms with Gasteiger partial charge in [0.2, 0.25) is 0 Å². The number of nitrogens with two attached hydrogens (primary N) is 1. The predicted molar refractivity (Wildman–Crippen MR) is 72.1 cm³/mol. The van der Waals surface area contributed by atoms with Crippen LogP contribution in [0.4, 0.5) is 5.82 Å². The lowest BCUT2D eigenvalue weighted by Crippen LogP contribution is -2.28. The van der Waals surface area contributed by atoms with Crippen LogP contribution in [0.2, 0.25) is 0 Å². The molecular weight excluding hydrogens is 228 g/mol. The van der Waals surface area contributed by atoms with E-state index in [2.05, 4.69) is 28.9 Å². The van der Waals surface area contributed by atoms with Gasteiger partial charge >= 0.3 is 0 Å². The SMILES string of the molecule is Cc1ccnc(N2CCC(C)(C)C2)c1/C(N)=N/O. The fourth-order valence-electron chi connectivity index (χ4n) is 2.44. The molecule has 2 rings (SSSR count). The van der Waals surface area contributed by atoms with E-state index in [1.165, 1.54) is 0 Å². The van der Waals surface area contributed by atoms with Crippen LogP contribution < -0.4 is 10.6 Å². The highest BCUT2D eigenvalue weighted by molar-refractivity contribution is 6.02. The van der Waals surface area contributed by atoms with Crippen molar-refractivity contribution in [2.24, 2.45) is 16.3 Å². The van der Waals surface area contributed by atoms with E-state index in [9.17, 15) is 0 Å². The highest BCUT2D eigenvalue weighted by Crippen LogP contribution is 2.33. The Hall–Kier alpha value is -1.78. The van der Waals surface area contributed by atoms with Crippen LogP contribution in [0.25, 0.3) is 0 Å². The zero-order chi connectivity index (χ0) is 13.3. The number of hydrogen-bond donors (Lipinski definition) is 2. The summed E-state index contributed by atoms with van der Waals surface area (Å²) in [6.45, 7) is 8.32. The Bertz CT molecular complexity index is 482. The van der Waals surface area contributed by atoms with E-state index < -0.39 is 0 Å². The molecule has 0 atom stereocenters. The van der Waals surface area contributed by atoms with Crippen molar-refractivity contribution >= 4 is 11.7 Å². The standard InChI is InChI=1S/C13H20N4O/c1-9-4-6-15-12(10(9)11(14)16-18)17-7-5-13(2,3)8-17/h4,6,18H,5,7-8H2,1-3H3,(H2,14,16). The fraction of sp³-hybridized carbons (Fsp3) is 0.538. The molecule has 3 N–H and O–H groups in total. The quantitative estimate of drug-likeness (QED) is 0.362. The first-order chi connectivity index (χ1) is 8.44. The first-order valence-corrected chi connectivity index (χ1v) is 6.13. The number of anilines is 1. The van der Waals surface area contributed by atoms with Crippen LogP contribution in [-0.4, -0.2) is 29.1 Å². The van der Waals surface area contributed by atoms with Gasteiger partial charge in [-0.05, 0) is 30.4 Å². The molecule has 0 radical (unpaired) electrons. The molecule has 1 aromatic heterocycles. The van der Waals surface area contributed by atoms with Crippen molar-refractivity contribution in [2.75, 3.05) is 18.0 Å². The molecule has 0 bridgehead atoms. The molecule has 5 heteroatoms. The second-order valence-electron chi connectivity index (χ2n) is 5.65. The maximum Gasteiger partial charge on any atom is 0.174 e. The van der Waals surface area contributed by atoms with Crippen molar-refractivity contribution in [3.8, 4) is 0 Å². The monoisotopic (exact) mass is 248 g/mol. The molecule has 0 amide bonds. The third-order valence-corrected chi connectivity index (χ3v) is 3.48. The molecule has 1 aliphatic rings. The van der Waals surface area contributed by atoms with Crippen molar-refractivity contribution in [1.29, 1.82) is 0 Å². The first kappa shape index (κ1) is 12.7. The lowest BCUT2D eigenvalue weighted by molar-refractivity contribution is 0.318. The highest BCUT2D eigenvalue weighted by Gasteiger charge is 2.31. The summed E-state index contributed by atoms with van der Waals surface area (Å²) in [4.78, 5) is 6.62. The Kier molecular flexibility index (Phi) is 3.15. The summed E-state index contributed by atoms with van der Waals surface area (Å²) in [5.41, 5.74) is 7.76. The molecule has 0 spiro atoms. The van der Waals surface area contributed by atoms with Gasteiger partial charge in [-0.15, -0.1) is 0 Å². The average Bonchev–Trinajstić information content (AvgIpc) is 2.68. The van der Waals surface area contributed by atoms with Crippen molar-refractivity contribution in [1.82, 2.24) is 4.98 Å². The number of aromatic nitrogens is 1. The third kappa shape index (κ3) is 2.25. The van der Waals surface area contributed by atoms with Gasteiger partial charge in [-0.3, -0.25) is 0 Å². The van der Waals surface area contributed by atoms with E-state index in [1.54, 1.807) is 6.20 Å². The molecule has 1 aromatic rings. The van der Waals surface area contributed by atoms with Gasteiger partial charge in [0.1, 0.15) is 5.82 Å². The summed E-state index contributed by atoms with van der Waals surface area (Å²) in [5.74, 6) is 0.941. The Balaban J connectivity index is 2.43. The molecule has 18 heavy (non-hydrogen) atoms. The summed E-state index contributed by atoms with van der Waals surface area (Å²) in [6.07, 6.45) is 2.89. The largest absolute Gasteiger partial charge is 0.409 e. The molecule has 0 unspecified atom stereocenters. The van der Waals surface area contributed by atoms with Crippen molar-refractivity contribution in [3.63, 3.8) is 0 Å². The first-order valence-electron chi connectivity index (χ1n) is 6.13. The van der Waals surface area contributed by atoms with Gasteiger partial charge in [-0.2, -0.15) is 0 Å². The van der Waals surface area contributed by atoms with Crippen LogP contribution in [0.5, 0.6) is 0 Å². The number of rotatable bonds is 2. The number of nitrogens with zero attached hydrogens (tertiary/aromatic N) is 3. The number of aryl methyl sites for hydroxylation is 1. The van der Waals surface area contributed by atoms with Gasteiger partial charge in [-0.1, -0.05) is 19.0 Å². The minimum Gasteiger partial charge on any atom is -0.409 e. The number of amidine groups is 1. The molecule has 0 aliphatic carbocycles. The molecule has 5 nitrogen and oxygen atoms in total. The molecule has 2 heterocycles. The van der Waals surface area contributed by atoms with Gasteiger partial charge in [0.25, 0.3) is 0 Å². The summed E-state index contributed by atoms with van der Waals surface area (Å²) >= 11 is 0. The normalized spacial score (nSPS) is 19.3. The minimum absolute atomic E-state index is 0.125.